The number of pyridine rings is 1. The van der Waals surface area contributed by atoms with Gasteiger partial charge in [0.25, 0.3) is 0 Å². The number of nitrogens with zero attached hydrogens (tertiary/aromatic N) is 1. The van der Waals surface area contributed by atoms with Crippen molar-refractivity contribution >= 4 is 0 Å². The third-order valence-electron chi connectivity index (χ3n) is 2.73. The Morgan fingerprint density at radius 1 is 1.37 bits per heavy atom. The second kappa shape index (κ2) is 9.86. The molecule has 0 aliphatic rings. The van der Waals surface area contributed by atoms with Crippen molar-refractivity contribution < 1.29 is 14.6 Å². The predicted molar refractivity (Wildman–Crippen MR) is 74.0 cm³/mol. The predicted octanol–water partition coefficient (Wildman–Crippen LogP) is 1.15. The molecule has 0 spiro atoms. The number of hydrogen-bond donors (Lipinski definition) is 2. The summed E-state index contributed by atoms with van der Waals surface area (Å²) in [7, 11) is 0. The lowest BCUT2D eigenvalue weighted by Crippen LogP contribution is -2.32. The first kappa shape index (κ1) is 16.0. The largest absolute Gasteiger partial charge is 0.389 e. The van der Waals surface area contributed by atoms with Gasteiger partial charge in [0, 0.05) is 31.6 Å². The van der Waals surface area contributed by atoms with E-state index in [1.54, 1.807) is 6.20 Å². The second-order valence-corrected chi connectivity index (χ2v) is 4.34. The summed E-state index contributed by atoms with van der Waals surface area (Å²) in [5, 5.41) is 13.0. The van der Waals surface area contributed by atoms with Gasteiger partial charge in [0.15, 0.2) is 0 Å². The molecule has 0 radical (unpaired) electrons. The molecule has 0 bridgehead atoms. The number of nitrogens with one attached hydrogen (secondary N) is 1. The van der Waals surface area contributed by atoms with E-state index in [0.29, 0.717) is 33.0 Å². The highest BCUT2D eigenvalue weighted by molar-refractivity contribution is 5.12. The average Bonchev–Trinajstić information content (AvgIpc) is 2.45. The maximum Gasteiger partial charge on any atom is 0.0897 e. The molecule has 0 aliphatic carbocycles. The lowest BCUT2D eigenvalue weighted by Gasteiger charge is -2.17. The van der Waals surface area contributed by atoms with Crippen molar-refractivity contribution in [2.24, 2.45) is 0 Å². The molecule has 0 saturated heterocycles. The molecule has 19 heavy (non-hydrogen) atoms. The van der Waals surface area contributed by atoms with E-state index in [4.69, 9.17) is 9.47 Å². The summed E-state index contributed by atoms with van der Waals surface area (Å²) in [5.41, 5.74) is 1.10. The van der Waals surface area contributed by atoms with E-state index in [0.717, 1.165) is 5.56 Å². The number of aromatic nitrogens is 1. The Hall–Kier alpha value is -1.01. The highest BCUT2D eigenvalue weighted by Gasteiger charge is 2.08. The van der Waals surface area contributed by atoms with Crippen LogP contribution in [0.3, 0.4) is 0 Å². The minimum atomic E-state index is -0.513. The van der Waals surface area contributed by atoms with Crippen molar-refractivity contribution in [1.82, 2.24) is 10.3 Å². The molecule has 1 aromatic rings. The molecule has 0 amide bonds. The zero-order valence-electron chi connectivity index (χ0n) is 11.7. The van der Waals surface area contributed by atoms with Crippen LogP contribution in [0.25, 0.3) is 0 Å². The van der Waals surface area contributed by atoms with Crippen LogP contribution in [0, 0.1) is 0 Å². The van der Waals surface area contributed by atoms with Crippen molar-refractivity contribution in [2.75, 3.05) is 33.0 Å². The molecule has 108 valence electrons. The van der Waals surface area contributed by atoms with Crippen molar-refractivity contribution in [2.45, 2.75) is 26.0 Å². The molecular weight excluding hydrogens is 244 g/mol. The van der Waals surface area contributed by atoms with Crippen LogP contribution >= 0.6 is 0 Å². The first-order valence-corrected chi connectivity index (χ1v) is 6.71. The van der Waals surface area contributed by atoms with Crippen LogP contribution in [0.4, 0.5) is 0 Å². The van der Waals surface area contributed by atoms with Gasteiger partial charge in [-0.05, 0) is 25.5 Å². The van der Waals surface area contributed by atoms with E-state index < -0.39 is 6.10 Å². The highest BCUT2D eigenvalue weighted by Crippen LogP contribution is 2.09. The van der Waals surface area contributed by atoms with Gasteiger partial charge in [-0.3, -0.25) is 4.98 Å². The molecule has 1 aromatic heterocycles. The molecule has 2 atom stereocenters. The lowest BCUT2D eigenvalue weighted by molar-refractivity contribution is 0.00585. The third kappa shape index (κ3) is 7.22. The first-order valence-electron chi connectivity index (χ1n) is 6.71. The summed E-state index contributed by atoms with van der Waals surface area (Å²) >= 11 is 0. The summed E-state index contributed by atoms with van der Waals surface area (Å²) in [5.74, 6) is 0. The summed E-state index contributed by atoms with van der Waals surface area (Å²) in [6.07, 6.45) is 3.06. The second-order valence-electron chi connectivity index (χ2n) is 4.34. The van der Waals surface area contributed by atoms with E-state index in [1.165, 1.54) is 0 Å². The molecule has 0 saturated carbocycles. The normalized spacial score (nSPS) is 14.3. The Morgan fingerprint density at radius 3 is 2.84 bits per heavy atom. The minimum absolute atomic E-state index is 0.159. The van der Waals surface area contributed by atoms with E-state index in [1.807, 2.05) is 32.2 Å². The van der Waals surface area contributed by atoms with Crippen molar-refractivity contribution in [1.29, 1.82) is 0 Å². The Bertz CT molecular complexity index is 322. The topological polar surface area (TPSA) is 63.6 Å². The maximum atomic E-state index is 9.76. The summed E-state index contributed by atoms with van der Waals surface area (Å²) in [4.78, 5) is 4.07. The van der Waals surface area contributed by atoms with Crippen LogP contribution < -0.4 is 5.32 Å². The fraction of sp³-hybridized carbons (Fsp3) is 0.643. The van der Waals surface area contributed by atoms with E-state index >= 15 is 0 Å². The number of aliphatic hydroxyl groups excluding tert-OH is 1. The fourth-order valence-electron chi connectivity index (χ4n) is 1.60. The third-order valence-corrected chi connectivity index (χ3v) is 2.73. The average molecular weight is 268 g/mol. The van der Waals surface area contributed by atoms with Gasteiger partial charge in [0.1, 0.15) is 0 Å². The minimum Gasteiger partial charge on any atom is -0.389 e. The molecule has 1 heterocycles. The molecule has 0 fully saturated rings. The van der Waals surface area contributed by atoms with Gasteiger partial charge in [-0.25, -0.2) is 0 Å². The molecule has 0 aliphatic heterocycles. The van der Waals surface area contributed by atoms with Gasteiger partial charge >= 0.3 is 0 Å². The zero-order valence-corrected chi connectivity index (χ0v) is 11.7. The maximum absolute atomic E-state index is 9.76. The van der Waals surface area contributed by atoms with Crippen molar-refractivity contribution in [3.05, 3.63) is 30.1 Å². The molecule has 5 nitrogen and oxygen atoms in total. The highest BCUT2D eigenvalue weighted by atomic mass is 16.5. The Labute approximate surface area is 115 Å². The number of aliphatic hydroxyl groups is 1. The quantitative estimate of drug-likeness (QED) is 0.623. The summed E-state index contributed by atoms with van der Waals surface area (Å²) in [6.45, 7) is 6.57. The Balaban J connectivity index is 2.11. The molecule has 1 rings (SSSR count). The molecule has 5 heteroatoms. The van der Waals surface area contributed by atoms with E-state index in [-0.39, 0.29) is 6.04 Å². The van der Waals surface area contributed by atoms with Crippen LogP contribution in [-0.4, -0.2) is 49.2 Å². The van der Waals surface area contributed by atoms with Crippen LogP contribution in [0.5, 0.6) is 0 Å². The summed E-state index contributed by atoms with van der Waals surface area (Å²) < 4.78 is 10.5. The van der Waals surface area contributed by atoms with Crippen LogP contribution in [0.2, 0.25) is 0 Å². The van der Waals surface area contributed by atoms with Gasteiger partial charge in [0.2, 0.25) is 0 Å². The summed E-state index contributed by atoms with van der Waals surface area (Å²) in [6, 6.07) is 4.07. The SMILES string of the molecule is CCOCCOCC(O)CN[C@H](C)c1cccnc1. The molecule has 0 aromatic carbocycles. The van der Waals surface area contributed by atoms with Crippen LogP contribution in [-0.2, 0) is 9.47 Å². The Kier molecular flexibility index (Phi) is 8.33. The van der Waals surface area contributed by atoms with Gasteiger partial charge in [-0.2, -0.15) is 0 Å². The van der Waals surface area contributed by atoms with E-state index in [2.05, 4.69) is 10.3 Å². The lowest BCUT2D eigenvalue weighted by atomic mass is 10.1. The number of rotatable bonds is 10. The molecular formula is C14H24N2O3. The van der Waals surface area contributed by atoms with Gasteiger partial charge in [0.05, 0.1) is 25.9 Å². The van der Waals surface area contributed by atoms with Crippen LogP contribution in [0.1, 0.15) is 25.5 Å². The monoisotopic (exact) mass is 268 g/mol. The van der Waals surface area contributed by atoms with Crippen molar-refractivity contribution in [3.8, 4) is 0 Å². The van der Waals surface area contributed by atoms with E-state index in [9.17, 15) is 5.11 Å². The van der Waals surface area contributed by atoms with Crippen molar-refractivity contribution in [3.63, 3.8) is 0 Å². The number of ether oxygens (including phenoxy) is 2. The smallest absolute Gasteiger partial charge is 0.0897 e. The zero-order chi connectivity index (χ0) is 13.9. The molecule has 2 N–H and O–H groups in total. The van der Waals surface area contributed by atoms with Gasteiger partial charge in [-0.15, -0.1) is 0 Å². The van der Waals surface area contributed by atoms with Gasteiger partial charge in [-0.1, -0.05) is 6.07 Å². The fourth-order valence-corrected chi connectivity index (χ4v) is 1.60. The van der Waals surface area contributed by atoms with Gasteiger partial charge < -0.3 is 19.9 Å². The standard InChI is InChI=1S/C14H24N2O3/c1-3-18-7-8-19-11-14(17)10-16-12(2)13-5-4-6-15-9-13/h4-6,9,12,14,16-17H,3,7-8,10-11H2,1-2H3/t12-,14?/m1/s1. The first-order chi connectivity index (χ1) is 9.24. The van der Waals surface area contributed by atoms with Crippen LogP contribution in [0.15, 0.2) is 24.5 Å². The number of hydrogen-bond acceptors (Lipinski definition) is 5. The molecule has 1 unspecified atom stereocenters. The Morgan fingerprint density at radius 2 is 2.16 bits per heavy atom.